The van der Waals surface area contributed by atoms with Crippen LogP contribution in [0.4, 0.5) is 0 Å². The molecule has 1 fully saturated rings. The quantitative estimate of drug-likeness (QED) is 0.479. The molecular weight excluding hydrogens is 460 g/mol. The van der Waals surface area contributed by atoms with E-state index in [1.165, 1.54) is 10.6 Å². The molecule has 0 aliphatic carbocycles. The third-order valence-corrected chi connectivity index (χ3v) is 6.13. The number of rotatable bonds is 9. The van der Waals surface area contributed by atoms with Gasteiger partial charge in [0.05, 0.1) is 44.1 Å². The van der Waals surface area contributed by atoms with E-state index in [1.54, 1.807) is 37.1 Å². The Balaban J connectivity index is 2.03. The van der Waals surface area contributed by atoms with E-state index in [0.29, 0.717) is 53.6 Å². The van der Waals surface area contributed by atoms with Crippen molar-refractivity contribution in [1.29, 1.82) is 0 Å². The van der Waals surface area contributed by atoms with E-state index in [0.717, 1.165) is 23.3 Å². The van der Waals surface area contributed by atoms with Crippen LogP contribution in [0.3, 0.4) is 0 Å². The lowest BCUT2D eigenvalue weighted by molar-refractivity contribution is -0.136. The predicted molar refractivity (Wildman–Crippen MR) is 129 cm³/mol. The van der Waals surface area contributed by atoms with E-state index in [2.05, 4.69) is 0 Å². The number of thiazole rings is 1. The summed E-state index contributed by atoms with van der Waals surface area (Å²) in [5.41, 5.74) is 0.383. The molecule has 10 heteroatoms. The summed E-state index contributed by atoms with van der Waals surface area (Å²) in [6.45, 7) is 6.17. The smallest absolute Gasteiger partial charge is 0.333 e. The van der Waals surface area contributed by atoms with Gasteiger partial charge >= 0.3 is 5.97 Å². The highest BCUT2D eigenvalue weighted by molar-refractivity contribution is 7.07. The number of hydrogen-bond acceptors (Lipinski definition) is 8. The molecule has 2 heterocycles. The average molecular weight is 491 g/mol. The molecule has 3 rings (SSSR count). The number of methoxy groups -OCH3 is 1. The van der Waals surface area contributed by atoms with E-state index in [1.807, 2.05) is 13.0 Å². The topological polar surface area (TPSA) is 96.3 Å². The van der Waals surface area contributed by atoms with Crippen molar-refractivity contribution in [3.05, 3.63) is 43.3 Å². The van der Waals surface area contributed by atoms with E-state index in [9.17, 15) is 14.4 Å². The highest BCUT2D eigenvalue weighted by Crippen LogP contribution is 2.28. The van der Waals surface area contributed by atoms with Crippen LogP contribution in [0.1, 0.15) is 25.8 Å². The van der Waals surface area contributed by atoms with Crippen LogP contribution in [0.5, 0.6) is 11.5 Å². The first-order valence-electron chi connectivity index (χ1n) is 11.2. The van der Waals surface area contributed by atoms with Crippen LogP contribution in [0.25, 0.3) is 12.2 Å². The lowest BCUT2D eigenvalue weighted by Gasteiger charge is -2.26. The van der Waals surface area contributed by atoms with Gasteiger partial charge in [0.2, 0.25) is 5.91 Å². The van der Waals surface area contributed by atoms with Crippen molar-refractivity contribution in [2.75, 3.05) is 46.6 Å². The van der Waals surface area contributed by atoms with Crippen molar-refractivity contribution < 1.29 is 28.5 Å². The van der Waals surface area contributed by atoms with Gasteiger partial charge < -0.3 is 23.8 Å². The van der Waals surface area contributed by atoms with Gasteiger partial charge in [0.25, 0.3) is 5.56 Å². The Hall–Kier alpha value is -3.11. The molecule has 9 nitrogen and oxygen atoms in total. The van der Waals surface area contributed by atoms with Crippen LogP contribution in [0.15, 0.2) is 23.0 Å². The average Bonchev–Trinajstić information content (AvgIpc) is 3.12. The maximum Gasteiger partial charge on any atom is 0.333 e. The highest BCUT2D eigenvalue weighted by atomic mass is 32.1. The Morgan fingerprint density at radius 3 is 2.62 bits per heavy atom. The Labute approximate surface area is 201 Å². The number of esters is 1. The molecule has 1 aliphatic rings. The maximum atomic E-state index is 13.3. The Bertz CT molecular complexity index is 1180. The fraction of sp³-hybridized carbons (Fsp3) is 0.458. The molecular formula is C24H30N2O7S. The Kier molecular flexibility index (Phi) is 9.29. The van der Waals surface area contributed by atoms with Gasteiger partial charge in [-0.05, 0) is 37.1 Å². The highest BCUT2D eigenvalue weighted by Gasteiger charge is 2.19. The van der Waals surface area contributed by atoms with Gasteiger partial charge in [-0.25, -0.2) is 4.79 Å². The molecule has 1 amide bonds. The fourth-order valence-electron chi connectivity index (χ4n) is 3.38. The molecule has 0 saturated carbocycles. The predicted octanol–water partition coefficient (Wildman–Crippen LogP) is 0.738. The molecule has 0 unspecified atom stereocenters. The number of amides is 1. The van der Waals surface area contributed by atoms with Gasteiger partial charge in [-0.1, -0.05) is 13.0 Å². The van der Waals surface area contributed by atoms with Gasteiger partial charge in [0, 0.05) is 13.1 Å². The first kappa shape index (κ1) is 25.5. The minimum atomic E-state index is -0.567. The summed E-state index contributed by atoms with van der Waals surface area (Å²) in [6, 6.07) is 5.39. The zero-order chi connectivity index (χ0) is 24.5. The second-order valence-corrected chi connectivity index (χ2v) is 8.55. The minimum absolute atomic E-state index is 0.165. The Morgan fingerprint density at radius 2 is 1.94 bits per heavy atom. The minimum Gasteiger partial charge on any atom is -0.493 e. The summed E-state index contributed by atoms with van der Waals surface area (Å²) in [7, 11) is 1.57. The number of ether oxygens (including phenoxy) is 4. The van der Waals surface area contributed by atoms with Crippen molar-refractivity contribution in [2.45, 2.75) is 26.8 Å². The van der Waals surface area contributed by atoms with Crippen LogP contribution < -0.4 is 24.2 Å². The summed E-state index contributed by atoms with van der Waals surface area (Å²) in [5, 5.41) is 0. The lowest BCUT2D eigenvalue weighted by Crippen LogP contribution is -2.45. The normalized spacial score (nSPS) is 14.9. The number of morpholine rings is 1. The molecule has 2 aromatic rings. The van der Waals surface area contributed by atoms with E-state index in [4.69, 9.17) is 18.9 Å². The molecule has 0 spiro atoms. The SMILES string of the molecule is CCCOc1cc(/C=c2\s/c(=C\C(=O)OCC)n(CC(=O)N3CCOCC3)c2=O)ccc1OC. The van der Waals surface area contributed by atoms with Gasteiger partial charge in [0.15, 0.2) is 11.5 Å². The van der Waals surface area contributed by atoms with Crippen molar-refractivity contribution in [3.8, 4) is 11.5 Å². The van der Waals surface area contributed by atoms with Crippen LogP contribution in [-0.2, 0) is 25.6 Å². The van der Waals surface area contributed by atoms with Gasteiger partial charge in [0.1, 0.15) is 11.2 Å². The molecule has 184 valence electrons. The molecule has 34 heavy (non-hydrogen) atoms. The number of benzene rings is 1. The van der Waals surface area contributed by atoms with Crippen LogP contribution >= 0.6 is 11.3 Å². The summed E-state index contributed by atoms with van der Waals surface area (Å²) in [6.07, 6.45) is 3.81. The number of aromatic nitrogens is 1. The van der Waals surface area contributed by atoms with Gasteiger partial charge in [-0.3, -0.25) is 14.2 Å². The molecule has 0 atom stereocenters. The van der Waals surface area contributed by atoms with Gasteiger partial charge in [-0.15, -0.1) is 11.3 Å². The largest absolute Gasteiger partial charge is 0.493 e. The van der Waals surface area contributed by atoms with Crippen molar-refractivity contribution in [1.82, 2.24) is 9.47 Å². The van der Waals surface area contributed by atoms with Crippen molar-refractivity contribution >= 4 is 35.4 Å². The first-order chi connectivity index (χ1) is 16.5. The third kappa shape index (κ3) is 6.48. The van der Waals surface area contributed by atoms with Crippen molar-refractivity contribution in [3.63, 3.8) is 0 Å². The summed E-state index contributed by atoms with van der Waals surface area (Å²) < 4.78 is 23.5. The first-order valence-corrected chi connectivity index (χ1v) is 12.0. The Morgan fingerprint density at radius 1 is 1.18 bits per heavy atom. The molecule has 1 aromatic carbocycles. The molecule has 0 bridgehead atoms. The van der Waals surface area contributed by atoms with Crippen molar-refractivity contribution in [2.24, 2.45) is 0 Å². The number of nitrogens with zero attached hydrogens (tertiary/aromatic N) is 2. The second kappa shape index (κ2) is 12.4. The number of carbonyl (C=O) groups excluding carboxylic acids is 2. The monoisotopic (exact) mass is 490 g/mol. The summed E-state index contributed by atoms with van der Waals surface area (Å²) >= 11 is 1.13. The molecule has 0 radical (unpaired) electrons. The molecule has 0 N–H and O–H groups in total. The van der Waals surface area contributed by atoms with Crippen LogP contribution in [0.2, 0.25) is 0 Å². The van der Waals surface area contributed by atoms with E-state index < -0.39 is 5.97 Å². The van der Waals surface area contributed by atoms with Crippen LogP contribution in [-0.4, -0.2) is 68.0 Å². The molecule has 1 saturated heterocycles. The zero-order valence-electron chi connectivity index (χ0n) is 19.7. The molecule has 1 aromatic heterocycles. The van der Waals surface area contributed by atoms with E-state index in [-0.39, 0.29) is 24.6 Å². The standard InChI is InChI=1S/C24H30N2O7S/c1-4-10-33-19-13-17(6-7-18(19)30-3)14-20-24(29)26(22(34-20)15-23(28)32-5-2)16-21(27)25-8-11-31-12-9-25/h6-7,13-15H,4-5,8-12,16H2,1-3H3/b20-14-,22-15-. The fourth-order valence-corrected chi connectivity index (χ4v) is 4.42. The van der Waals surface area contributed by atoms with Gasteiger partial charge in [-0.2, -0.15) is 0 Å². The summed E-state index contributed by atoms with van der Waals surface area (Å²) in [5.74, 6) is 0.410. The molecule has 1 aliphatic heterocycles. The number of carbonyl (C=O) groups is 2. The maximum absolute atomic E-state index is 13.3. The van der Waals surface area contributed by atoms with E-state index >= 15 is 0 Å². The number of hydrogen-bond donors (Lipinski definition) is 0. The second-order valence-electron chi connectivity index (χ2n) is 7.49. The zero-order valence-corrected chi connectivity index (χ0v) is 20.5. The third-order valence-electron chi connectivity index (χ3n) is 5.07. The van der Waals surface area contributed by atoms with Crippen LogP contribution in [0, 0.1) is 0 Å². The lowest BCUT2D eigenvalue weighted by atomic mass is 10.2. The summed E-state index contributed by atoms with van der Waals surface area (Å²) in [4.78, 5) is 39.8.